The van der Waals surface area contributed by atoms with E-state index in [9.17, 15) is 9.90 Å². The zero-order chi connectivity index (χ0) is 13.0. The SMILES string of the molecule is C/C(=N\NC(=O)c1ccccc1O)C1C=CC=C1. The van der Waals surface area contributed by atoms with Gasteiger partial charge in [-0.3, -0.25) is 4.79 Å². The maximum atomic E-state index is 11.8. The van der Waals surface area contributed by atoms with Crippen molar-refractivity contribution >= 4 is 11.6 Å². The number of allylic oxidation sites excluding steroid dienone is 4. The molecule has 2 rings (SSSR count). The van der Waals surface area contributed by atoms with Crippen molar-refractivity contribution in [2.45, 2.75) is 6.92 Å². The van der Waals surface area contributed by atoms with Crippen LogP contribution in [0.15, 0.2) is 53.7 Å². The molecule has 18 heavy (non-hydrogen) atoms. The average Bonchev–Trinajstić information content (AvgIpc) is 2.90. The smallest absolute Gasteiger partial charge is 0.275 e. The van der Waals surface area contributed by atoms with Crippen LogP contribution < -0.4 is 5.43 Å². The molecule has 92 valence electrons. The van der Waals surface area contributed by atoms with Gasteiger partial charge in [0, 0.05) is 11.6 Å². The van der Waals surface area contributed by atoms with E-state index >= 15 is 0 Å². The third kappa shape index (κ3) is 2.66. The molecule has 0 spiro atoms. The van der Waals surface area contributed by atoms with Gasteiger partial charge in [0.15, 0.2) is 0 Å². The number of phenolic OH excluding ortho intramolecular Hbond substituents is 1. The highest BCUT2D eigenvalue weighted by Gasteiger charge is 2.11. The molecule has 0 heterocycles. The summed E-state index contributed by atoms with van der Waals surface area (Å²) in [4.78, 5) is 11.8. The summed E-state index contributed by atoms with van der Waals surface area (Å²) in [5.41, 5.74) is 3.45. The van der Waals surface area contributed by atoms with E-state index in [0.29, 0.717) is 0 Å². The van der Waals surface area contributed by atoms with E-state index in [4.69, 9.17) is 0 Å². The van der Waals surface area contributed by atoms with Gasteiger partial charge >= 0.3 is 0 Å². The molecular formula is C14H14N2O2. The monoisotopic (exact) mass is 242 g/mol. The lowest BCUT2D eigenvalue weighted by Crippen LogP contribution is -2.20. The van der Waals surface area contributed by atoms with Crippen molar-refractivity contribution in [1.82, 2.24) is 5.43 Å². The topological polar surface area (TPSA) is 61.7 Å². The van der Waals surface area contributed by atoms with E-state index in [1.54, 1.807) is 18.2 Å². The maximum absolute atomic E-state index is 11.8. The van der Waals surface area contributed by atoms with Crippen LogP contribution >= 0.6 is 0 Å². The Morgan fingerprint density at radius 2 is 1.94 bits per heavy atom. The molecule has 0 aromatic heterocycles. The Labute approximate surface area is 105 Å². The molecule has 1 amide bonds. The number of hydrazone groups is 1. The summed E-state index contributed by atoms with van der Waals surface area (Å²) in [5.74, 6) is -0.336. The lowest BCUT2D eigenvalue weighted by Gasteiger charge is -2.06. The second kappa shape index (κ2) is 5.31. The number of nitrogens with zero attached hydrogens (tertiary/aromatic N) is 1. The summed E-state index contributed by atoms with van der Waals surface area (Å²) in [5, 5.41) is 13.6. The largest absolute Gasteiger partial charge is 0.507 e. The van der Waals surface area contributed by atoms with E-state index < -0.39 is 5.91 Å². The minimum atomic E-state index is -0.418. The van der Waals surface area contributed by atoms with Gasteiger partial charge in [0.25, 0.3) is 5.91 Å². The third-order valence-electron chi connectivity index (χ3n) is 2.71. The Bertz CT molecular complexity index is 532. The molecule has 4 heteroatoms. The Morgan fingerprint density at radius 3 is 2.61 bits per heavy atom. The Balaban J connectivity index is 2.04. The van der Waals surface area contributed by atoms with E-state index in [2.05, 4.69) is 10.5 Å². The predicted octanol–water partition coefficient (Wildman–Crippen LogP) is 2.24. The zero-order valence-corrected chi connectivity index (χ0v) is 10.00. The van der Waals surface area contributed by atoms with Crippen molar-refractivity contribution < 1.29 is 9.90 Å². The highest BCUT2D eigenvalue weighted by molar-refractivity contribution is 5.98. The van der Waals surface area contributed by atoms with E-state index in [-0.39, 0.29) is 17.2 Å². The van der Waals surface area contributed by atoms with Crippen LogP contribution in [0.5, 0.6) is 5.75 Å². The van der Waals surface area contributed by atoms with Gasteiger partial charge in [-0.25, -0.2) is 5.43 Å². The molecule has 0 fully saturated rings. The molecular weight excluding hydrogens is 228 g/mol. The number of hydrogen-bond donors (Lipinski definition) is 2. The summed E-state index contributed by atoms with van der Waals surface area (Å²) in [7, 11) is 0. The van der Waals surface area contributed by atoms with Crippen LogP contribution in [0.4, 0.5) is 0 Å². The Hall–Kier alpha value is -2.36. The van der Waals surface area contributed by atoms with Gasteiger partial charge < -0.3 is 5.11 Å². The number of carbonyl (C=O) groups excluding carboxylic acids is 1. The highest BCUT2D eigenvalue weighted by Crippen LogP contribution is 2.15. The number of benzene rings is 1. The van der Waals surface area contributed by atoms with Crippen molar-refractivity contribution in [3.8, 4) is 5.75 Å². The van der Waals surface area contributed by atoms with Crippen LogP contribution in [0.3, 0.4) is 0 Å². The Kier molecular flexibility index (Phi) is 3.57. The number of carbonyl (C=O) groups is 1. The number of hydrogen-bond acceptors (Lipinski definition) is 3. The summed E-state index contributed by atoms with van der Waals surface area (Å²) >= 11 is 0. The van der Waals surface area contributed by atoms with Gasteiger partial charge in [0.2, 0.25) is 0 Å². The minimum Gasteiger partial charge on any atom is -0.507 e. The van der Waals surface area contributed by atoms with Crippen LogP contribution in [0, 0.1) is 5.92 Å². The van der Waals surface area contributed by atoms with Gasteiger partial charge in [-0.1, -0.05) is 36.4 Å². The molecule has 0 aliphatic heterocycles. The van der Waals surface area contributed by atoms with E-state index in [1.165, 1.54) is 6.07 Å². The van der Waals surface area contributed by atoms with Crippen LogP contribution in [0.25, 0.3) is 0 Å². The number of aromatic hydroxyl groups is 1. The zero-order valence-electron chi connectivity index (χ0n) is 10.00. The first kappa shape index (κ1) is 12.1. The normalized spacial score (nSPS) is 15.1. The first-order chi connectivity index (χ1) is 8.68. The minimum absolute atomic E-state index is 0.0523. The number of nitrogens with one attached hydrogen (secondary N) is 1. The molecule has 0 atom stereocenters. The summed E-state index contributed by atoms with van der Waals surface area (Å²) in [6.07, 6.45) is 7.86. The number of rotatable bonds is 3. The standard InChI is InChI=1S/C14H14N2O2/c1-10(11-6-2-3-7-11)15-16-14(18)12-8-4-5-9-13(12)17/h2-9,11,17H,1H3,(H,16,18)/b15-10+. The number of phenols is 1. The van der Waals surface area contributed by atoms with Gasteiger partial charge in [0.05, 0.1) is 5.56 Å². The highest BCUT2D eigenvalue weighted by atomic mass is 16.3. The van der Waals surface area contributed by atoms with E-state index in [0.717, 1.165) is 5.71 Å². The molecule has 2 N–H and O–H groups in total. The molecule has 1 aromatic carbocycles. The lowest BCUT2D eigenvalue weighted by atomic mass is 10.1. The summed E-state index contributed by atoms with van der Waals surface area (Å²) in [6, 6.07) is 6.36. The quantitative estimate of drug-likeness (QED) is 0.630. The fourth-order valence-corrected chi connectivity index (χ4v) is 1.65. The third-order valence-corrected chi connectivity index (χ3v) is 2.71. The number of para-hydroxylation sites is 1. The van der Waals surface area contributed by atoms with Crippen LogP contribution in [-0.2, 0) is 0 Å². The molecule has 0 saturated carbocycles. The molecule has 0 bridgehead atoms. The Morgan fingerprint density at radius 1 is 1.28 bits per heavy atom. The summed E-state index contributed by atoms with van der Waals surface area (Å²) in [6.45, 7) is 1.84. The van der Waals surface area contributed by atoms with Crippen molar-refractivity contribution in [2.24, 2.45) is 11.0 Å². The van der Waals surface area contributed by atoms with Crippen molar-refractivity contribution in [1.29, 1.82) is 0 Å². The fraction of sp³-hybridized carbons (Fsp3) is 0.143. The first-order valence-electron chi connectivity index (χ1n) is 5.66. The van der Waals surface area contributed by atoms with Crippen LogP contribution in [-0.4, -0.2) is 16.7 Å². The molecule has 1 aromatic rings. The molecule has 0 unspecified atom stereocenters. The first-order valence-corrected chi connectivity index (χ1v) is 5.66. The van der Waals surface area contributed by atoms with Gasteiger partial charge in [-0.2, -0.15) is 5.10 Å². The van der Waals surface area contributed by atoms with Crippen LogP contribution in [0.1, 0.15) is 17.3 Å². The van der Waals surface area contributed by atoms with Crippen molar-refractivity contribution in [3.63, 3.8) is 0 Å². The average molecular weight is 242 g/mol. The summed E-state index contributed by atoms with van der Waals surface area (Å²) < 4.78 is 0. The second-order valence-corrected chi connectivity index (χ2v) is 4.01. The van der Waals surface area contributed by atoms with Crippen molar-refractivity contribution in [2.75, 3.05) is 0 Å². The molecule has 1 aliphatic rings. The molecule has 0 radical (unpaired) electrons. The molecule has 0 saturated heterocycles. The predicted molar refractivity (Wildman–Crippen MR) is 70.5 cm³/mol. The molecule has 4 nitrogen and oxygen atoms in total. The second-order valence-electron chi connectivity index (χ2n) is 4.01. The lowest BCUT2D eigenvalue weighted by molar-refractivity contribution is 0.0952. The van der Waals surface area contributed by atoms with E-state index in [1.807, 2.05) is 31.2 Å². The van der Waals surface area contributed by atoms with Crippen LogP contribution in [0.2, 0.25) is 0 Å². The van der Waals surface area contributed by atoms with Gasteiger partial charge in [-0.15, -0.1) is 0 Å². The number of amides is 1. The maximum Gasteiger partial charge on any atom is 0.275 e. The fourth-order valence-electron chi connectivity index (χ4n) is 1.65. The van der Waals surface area contributed by atoms with Crippen molar-refractivity contribution in [3.05, 3.63) is 54.1 Å². The van der Waals surface area contributed by atoms with Gasteiger partial charge in [-0.05, 0) is 19.1 Å². The molecule has 1 aliphatic carbocycles. The van der Waals surface area contributed by atoms with Gasteiger partial charge in [0.1, 0.15) is 5.75 Å².